The van der Waals surface area contributed by atoms with Crippen LogP contribution in [0.25, 0.3) is 16.5 Å². The Labute approximate surface area is 117 Å². The van der Waals surface area contributed by atoms with Gasteiger partial charge in [-0.05, 0) is 54.0 Å². The second-order valence-electron chi connectivity index (χ2n) is 4.81. The van der Waals surface area contributed by atoms with Gasteiger partial charge in [-0.3, -0.25) is 4.98 Å². The summed E-state index contributed by atoms with van der Waals surface area (Å²) in [5.41, 5.74) is 5.29. The smallest absolute Gasteiger partial charge is 0.119 e. The number of methoxy groups -OCH3 is 1. The van der Waals surface area contributed by atoms with Crippen molar-refractivity contribution in [2.75, 3.05) is 7.11 Å². The summed E-state index contributed by atoms with van der Waals surface area (Å²) in [7, 11) is 1.67. The highest BCUT2D eigenvalue weighted by molar-refractivity contribution is 5.89. The van der Waals surface area contributed by atoms with Crippen molar-refractivity contribution in [2.24, 2.45) is 0 Å². The number of H-pyrrole nitrogens is 1. The van der Waals surface area contributed by atoms with Crippen molar-refractivity contribution < 1.29 is 4.74 Å². The van der Waals surface area contributed by atoms with Gasteiger partial charge in [-0.2, -0.15) is 0 Å². The van der Waals surface area contributed by atoms with Crippen LogP contribution in [-0.4, -0.2) is 17.1 Å². The summed E-state index contributed by atoms with van der Waals surface area (Å²) in [6, 6.07) is 10.1. The predicted molar refractivity (Wildman–Crippen MR) is 82.0 cm³/mol. The molecule has 1 N–H and O–H groups in total. The first-order chi connectivity index (χ1) is 9.69. The first-order valence-electron chi connectivity index (χ1n) is 6.46. The highest BCUT2D eigenvalue weighted by atomic mass is 16.5. The summed E-state index contributed by atoms with van der Waals surface area (Å²) in [5.74, 6) is 0.855. The van der Waals surface area contributed by atoms with Crippen LogP contribution in [0.15, 0.2) is 49.3 Å². The fourth-order valence-corrected chi connectivity index (χ4v) is 2.36. The van der Waals surface area contributed by atoms with Gasteiger partial charge >= 0.3 is 0 Å². The first kappa shape index (κ1) is 12.5. The van der Waals surface area contributed by atoms with Crippen molar-refractivity contribution in [1.29, 1.82) is 0 Å². The molecule has 20 heavy (non-hydrogen) atoms. The molecule has 1 aromatic carbocycles. The van der Waals surface area contributed by atoms with Crippen molar-refractivity contribution in [1.82, 2.24) is 9.97 Å². The lowest BCUT2D eigenvalue weighted by Gasteiger charge is -2.06. The lowest BCUT2D eigenvalue weighted by Crippen LogP contribution is -1.90. The molecule has 3 nitrogen and oxygen atoms in total. The van der Waals surface area contributed by atoms with Gasteiger partial charge in [-0.25, -0.2) is 0 Å². The third kappa shape index (κ3) is 2.07. The predicted octanol–water partition coefficient (Wildman–Crippen LogP) is 3.94. The minimum absolute atomic E-state index is 0.855. The molecular weight excluding hydrogens is 248 g/mol. The number of hydrogen-bond donors (Lipinski definition) is 1. The summed E-state index contributed by atoms with van der Waals surface area (Å²) in [5, 5.41) is 1.12. The number of fused-ring (bicyclic) bond motifs is 1. The van der Waals surface area contributed by atoms with Gasteiger partial charge in [0.05, 0.1) is 7.11 Å². The summed E-state index contributed by atoms with van der Waals surface area (Å²) < 4.78 is 5.25. The van der Waals surface area contributed by atoms with E-state index < -0.39 is 0 Å². The highest BCUT2D eigenvalue weighted by Crippen LogP contribution is 2.28. The van der Waals surface area contributed by atoms with E-state index in [4.69, 9.17) is 4.74 Å². The Bertz CT molecular complexity index is 787. The highest BCUT2D eigenvalue weighted by Gasteiger charge is 2.09. The van der Waals surface area contributed by atoms with Crippen LogP contribution >= 0.6 is 0 Å². The van der Waals surface area contributed by atoms with Crippen molar-refractivity contribution in [3.8, 4) is 5.75 Å². The Morgan fingerprint density at radius 2 is 2.10 bits per heavy atom. The largest absolute Gasteiger partial charge is 0.497 e. The molecule has 0 atom stereocenters. The van der Waals surface area contributed by atoms with Gasteiger partial charge in [0, 0.05) is 29.0 Å². The summed E-state index contributed by atoms with van der Waals surface area (Å²) in [6.45, 7) is 6.24. The number of ether oxygens (including phenoxy) is 1. The fraction of sp³-hybridized carbons (Fsp3) is 0.118. The van der Waals surface area contributed by atoms with Gasteiger partial charge in [-0.15, -0.1) is 0 Å². The maximum Gasteiger partial charge on any atom is 0.119 e. The molecule has 0 amide bonds. The molecule has 2 heterocycles. The zero-order valence-corrected chi connectivity index (χ0v) is 11.6. The average Bonchev–Trinajstić information content (AvgIpc) is 2.89. The van der Waals surface area contributed by atoms with E-state index in [0.29, 0.717) is 0 Å². The molecule has 0 radical (unpaired) electrons. The summed E-state index contributed by atoms with van der Waals surface area (Å²) in [4.78, 5) is 7.52. The van der Waals surface area contributed by atoms with Crippen LogP contribution in [0.2, 0.25) is 0 Å². The van der Waals surface area contributed by atoms with E-state index in [1.165, 1.54) is 0 Å². The molecule has 0 spiro atoms. The van der Waals surface area contributed by atoms with Gasteiger partial charge in [0.15, 0.2) is 0 Å². The zero-order chi connectivity index (χ0) is 14.1. The van der Waals surface area contributed by atoms with Gasteiger partial charge in [0.25, 0.3) is 0 Å². The van der Waals surface area contributed by atoms with E-state index in [2.05, 4.69) is 22.6 Å². The number of aromatic amines is 1. The molecule has 0 aliphatic heterocycles. The van der Waals surface area contributed by atoms with Crippen molar-refractivity contribution >= 4 is 16.5 Å². The standard InChI is InChI=1S/C17H16N2O/c1-11-10-18-7-6-15(11)12(2)17-9-13-8-14(20-3)4-5-16(13)19-17/h4-10,19H,2H2,1,3H3. The van der Waals surface area contributed by atoms with Crippen LogP contribution < -0.4 is 4.74 Å². The Kier molecular flexibility index (Phi) is 3.03. The zero-order valence-electron chi connectivity index (χ0n) is 11.6. The molecule has 0 aliphatic carbocycles. The van der Waals surface area contributed by atoms with E-state index in [0.717, 1.165) is 39.0 Å². The van der Waals surface area contributed by atoms with Crippen molar-refractivity contribution in [3.05, 3.63) is 66.1 Å². The number of aromatic nitrogens is 2. The van der Waals surface area contributed by atoms with Gasteiger partial charge in [-0.1, -0.05) is 6.58 Å². The van der Waals surface area contributed by atoms with Crippen LogP contribution in [-0.2, 0) is 0 Å². The average molecular weight is 264 g/mol. The van der Waals surface area contributed by atoms with Gasteiger partial charge in [0.1, 0.15) is 5.75 Å². The molecule has 3 rings (SSSR count). The normalized spacial score (nSPS) is 10.7. The molecule has 0 saturated heterocycles. The maximum absolute atomic E-state index is 5.25. The minimum atomic E-state index is 0.855. The Balaban J connectivity index is 2.06. The molecule has 2 aromatic heterocycles. The van der Waals surface area contributed by atoms with E-state index in [-0.39, 0.29) is 0 Å². The third-order valence-electron chi connectivity index (χ3n) is 3.50. The van der Waals surface area contributed by atoms with Crippen molar-refractivity contribution in [3.63, 3.8) is 0 Å². The SMILES string of the molecule is C=C(c1cc2cc(OC)ccc2[nH]1)c1ccncc1C. The quantitative estimate of drug-likeness (QED) is 0.778. The molecular formula is C17H16N2O. The first-order valence-corrected chi connectivity index (χ1v) is 6.46. The number of rotatable bonds is 3. The van der Waals surface area contributed by atoms with Crippen LogP contribution in [0.3, 0.4) is 0 Å². The number of nitrogens with one attached hydrogen (secondary N) is 1. The molecule has 0 fully saturated rings. The Morgan fingerprint density at radius 1 is 1.25 bits per heavy atom. The molecule has 0 saturated carbocycles. The van der Waals surface area contributed by atoms with E-state index in [9.17, 15) is 0 Å². The molecule has 3 aromatic rings. The van der Waals surface area contributed by atoms with Crippen molar-refractivity contribution in [2.45, 2.75) is 6.92 Å². The van der Waals surface area contributed by atoms with Crippen LogP contribution in [0.1, 0.15) is 16.8 Å². The summed E-state index contributed by atoms with van der Waals surface area (Å²) >= 11 is 0. The van der Waals surface area contributed by atoms with Gasteiger partial charge in [0.2, 0.25) is 0 Å². The van der Waals surface area contributed by atoms with Crippen LogP contribution in [0, 0.1) is 6.92 Å². The topological polar surface area (TPSA) is 37.9 Å². The molecule has 0 unspecified atom stereocenters. The summed E-state index contributed by atoms with van der Waals surface area (Å²) in [6.07, 6.45) is 3.64. The second kappa shape index (κ2) is 4.85. The van der Waals surface area contributed by atoms with E-state index in [1.807, 2.05) is 37.4 Å². The number of hydrogen-bond acceptors (Lipinski definition) is 2. The number of nitrogens with zero attached hydrogens (tertiary/aromatic N) is 1. The lowest BCUT2D eigenvalue weighted by molar-refractivity contribution is 0.415. The number of benzene rings is 1. The molecule has 0 bridgehead atoms. The number of aryl methyl sites for hydroxylation is 1. The fourth-order valence-electron chi connectivity index (χ4n) is 2.36. The molecule has 3 heteroatoms. The maximum atomic E-state index is 5.25. The van der Waals surface area contributed by atoms with Crippen LogP contribution in [0.5, 0.6) is 5.75 Å². The van der Waals surface area contributed by atoms with E-state index >= 15 is 0 Å². The third-order valence-corrected chi connectivity index (χ3v) is 3.50. The van der Waals surface area contributed by atoms with Gasteiger partial charge < -0.3 is 9.72 Å². The Morgan fingerprint density at radius 3 is 2.85 bits per heavy atom. The second-order valence-corrected chi connectivity index (χ2v) is 4.81. The minimum Gasteiger partial charge on any atom is -0.497 e. The monoisotopic (exact) mass is 264 g/mol. The molecule has 0 aliphatic rings. The Hall–Kier alpha value is -2.55. The number of pyridine rings is 1. The molecule has 100 valence electrons. The van der Waals surface area contributed by atoms with E-state index in [1.54, 1.807) is 13.3 Å². The van der Waals surface area contributed by atoms with Crippen LogP contribution in [0.4, 0.5) is 0 Å². The lowest BCUT2D eigenvalue weighted by atomic mass is 10.0.